The lowest BCUT2D eigenvalue weighted by molar-refractivity contribution is -0.161. The third-order valence-corrected chi connectivity index (χ3v) is 19.1. The number of carbonyl (C=O) groups excluding carboxylic acids is 5. The van der Waals surface area contributed by atoms with E-state index in [0.717, 1.165) is 110 Å². The van der Waals surface area contributed by atoms with Gasteiger partial charge in [0.2, 0.25) is 29.5 Å². The number of aliphatic imine (C=N–C) groups is 1. The van der Waals surface area contributed by atoms with Crippen LogP contribution in [0.25, 0.3) is 22.3 Å². The van der Waals surface area contributed by atoms with Crippen molar-refractivity contribution in [1.29, 1.82) is 0 Å². The summed E-state index contributed by atoms with van der Waals surface area (Å²) in [7, 11) is 0. The number of anilines is 2. The maximum Gasteiger partial charge on any atom is 0.238 e. The summed E-state index contributed by atoms with van der Waals surface area (Å²) in [6, 6.07) is 10.9. The number of ether oxygens (including phenoxy) is 1. The van der Waals surface area contributed by atoms with Crippen LogP contribution in [0, 0.1) is 23.2 Å². The van der Waals surface area contributed by atoms with Gasteiger partial charge in [0.1, 0.15) is 11.4 Å². The molecular formula is C56H71N11O6. The molecule has 10 aliphatic rings. The molecule has 8 aliphatic heterocycles. The second kappa shape index (κ2) is 18.0. The number of nitrogens with zero attached hydrogens (tertiary/aromatic N) is 9. The van der Waals surface area contributed by atoms with E-state index >= 15 is 4.79 Å². The molecule has 2 bridgehead atoms. The van der Waals surface area contributed by atoms with Gasteiger partial charge >= 0.3 is 0 Å². The van der Waals surface area contributed by atoms with Crippen molar-refractivity contribution < 1.29 is 28.7 Å². The number of amides is 5. The lowest BCUT2D eigenvalue weighted by Crippen LogP contribution is -2.70. The summed E-state index contributed by atoms with van der Waals surface area (Å²) < 4.78 is 8.03. The van der Waals surface area contributed by atoms with E-state index < -0.39 is 10.8 Å². The number of nitrogens with one attached hydrogen (secondary N) is 2. The molecule has 1 aromatic carbocycles. The van der Waals surface area contributed by atoms with Gasteiger partial charge in [0.25, 0.3) is 0 Å². The van der Waals surface area contributed by atoms with Gasteiger partial charge in [-0.25, -0.2) is 9.97 Å². The third kappa shape index (κ3) is 8.08. The van der Waals surface area contributed by atoms with E-state index in [4.69, 9.17) is 19.7 Å². The zero-order valence-corrected chi connectivity index (χ0v) is 42.8. The van der Waals surface area contributed by atoms with Crippen LogP contribution >= 0.6 is 0 Å². The van der Waals surface area contributed by atoms with Crippen LogP contribution in [0.3, 0.4) is 0 Å². The van der Waals surface area contributed by atoms with Gasteiger partial charge in [-0.2, -0.15) is 0 Å². The zero-order valence-electron chi connectivity index (χ0n) is 42.8. The summed E-state index contributed by atoms with van der Waals surface area (Å²) in [5.74, 6) is 1.57. The Balaban J connectivity index is 0.667. The number of pyridine rings is 1. The highest BCUT2D eigenvalue weighted by molar-refractivity contribution is 6.10. The minimum Gasteiger partial charge on any atom is -0.378 e. The van der Waals surface area contributed by atoms with E-state index in [0.29, 0.717) is 95.4 Å². The van der Waals surface area contributed by atoms with Crippen molar-refractivity contribution in [3.8, 4) is 11.3 Å². The summed E-state index contributed by atoms with van der Waals surface area (Å²) >= 11 is 0. The average molecular weight is 994 g/mol. The molecule has 73 heavy (non-hydrogen) atoms. The molecule has 17 heteroatoms. The van der Waals surface area contributed by atoms with Crippen molar-refractivity contribution >= 4 is 57.9 Å². The van der Waals surface area contributed by atoms with Gasteiger partial charge in [-0.15, -0.1) is 0 Å². The van der Waals surface area contributed by atoms with Crippen LogP contribution in [-0.2, 0) is 34.1 Å². The number of imidazole rings is 1. The SMILES string of the molecule is CC(C)n1cnc2cc(-c3ccc4c(c3)N([C@H]3C[C@@H](N5C6COCC5C6)C3)C(=O)C43CCN(C(=O)C4(C)CCN(C(=O)C5CCN(C6=NCC(C7CCC(=O)NC7=O)C=C6)CC5)CC4)CC3)nc(NC3CC3)c21. The minimum absolute atomic E-state index is 0.0128. The predicted molar refractivity (Wildman–Crippen MR) is 276 cm³/mol. The molecular weight excluding hydrogens is 923 g/mol. The number of morpholine rings is 1. The van der Waals surface area contributed by atoms with E-state index in [1.54, 1.807) is 0 Å². The molecule has 386 valence electrons. The highest BCUT2D eigenvalue weighted by atomic mass is 16.5. The summed E-state index contributed by atoms with van der Waals surface area (Å²) in [6.07, 6.45) is 16.2. The second-order valence-electron chi connectivity index (χ2n) is 23.9. The Hall–Kier alpha value is -5.68. The summed E-state index contributed by atoms with van der Waals surface area (Å²) in [5, 5.41) is 6.17. The van der Waals surface area contributed by atoms with Crippen LogP contribution in [0.5, 0.6) is 0 Å². The van der Waals surface area contributed by atoms with Crippen molar-refractivity contribution in [1.82, 2.24) is 39.5 Å². The number of dihydropyridines is 1. The summed E-state index contributed by atoms with van der Waals surface area (Å²) in [6.45, 7) is 12.2. The maximum atomic E-state index is 15.3. The first kappa shape index (κ1) is 47.1. The normalized spacial score (nSPS) is 30.1. The molecule has 4 atom stereocenters. The van der Waals surface area contributed by atoms with Gasteiger partial charge in [0.15, 0.2) is 5.82 Å². The van der Waals surface area contributed by atoms with E-state index in [1.165, 1.54) is 6.42 Å². The molecule has 3 aromatic rings. The van der Waals surface area contributed by atoms with E-state index in [1.807, 2.05) is 22.2 Å². The fourth-order valence-electron chi connectivity index (χ4n) is 14.3. The lowest BCUT2D eigenvalue weighted by atomic mass is 9.72. The van der Waals surface area contributed by atoms with Gasteiger partial charge in [-0.3, -0.25) is 39.2 Å². The van der Waals surface area contributed by atoms with Crippen molar-refractivity contribution in [3.05, 3.63) is 48.3 Å². The average Bonchev–Trinajstić information content (AvgIpc) is 4.06. The Bertz CT molecular complexity index is 2790. The van der Waals surface area contributed by atoms with E-state index in [2.05, 4.69) is 81.0 Å². The molecule has 6 saturated heterocycles. The monoisotopic (exact) mass is 994 g/mol. The standard InChI is InChI=1S/C56H71N11O6/c1-33(2)65-32-58-45-28-44(60-50(49(45)65)59-37-6-7-37)35-4-9-43-46(24-35)67(39-25-38(26-39)66-40-27-41(66)31-73-30-40)54(72)56(43)16-22-64(23-17-56)53(71)55(3)14-20-63(21-15-55)52(70)34-12-18-62(19-13-34)47-10-5-36(29-57-47)42-8-11-48(68)61-51(42)69/h4-5,9-10,24,28,32-34,36-42H,6-8,11-23,25-27,29-31H2,1-3H3,(H,59,60)(H,61,68,69)/t36?,38-,39+,40?,41?,42?. The quantitative estimate of drug-likeness (QED) is 0.261. The number of piperidine rings is 4. The molecule has 13 rings (SSSR count). The first-order chi connectivity index (χ1) is 35.3. The molecule has 2 aromatic heterocycles. The number of hydrogen-bond acceptors (Lipinski definition) is 12. The van der Waals surface area contributed by atoms with Crippen molar-refractivity contribution in [2.24, 2.45) is 28.2 Å². The summed E-state index contributed by atoms with van der Waals surface area (Å²) in [5.41, 5.74) is 4.56. The van der Waals surface area contributed by atoms with Gasteiger partial charge < -0.3 is 34.2 Å². The van der Waals surface area contributed by atoms with Crippen molar-refractivity contribution in [3.63, 3.8) is 0 Å². The molecule has 10 heterocycles. The van der Waals surface area contributed by atoms with Gasteiger partial charge in [-0.1, -0.05) is 25.1 Å². The Kier molecular flexibility index (Phi) is 11.6. The molecule has 0 radical (unpaired) electrons. The van der Waals surface area contributed by atoms with Crippen LogP contribution in [-0.4, -0.2) is 159 Å². The lowest BCUT2D eigenvalue weighted by Gasteiger charge is -2.60. The Morgan fingerprint density at radius 2 is 1.58 bits per heavy atom. The molecule has 2 N–H and O–H groups in total. The smallest absolute Gasteiger partial charge is 0.238 e. The number of benzene rings is 1. The Morgan fingerprint density at radius 3 is 2.25 bits per heavy atom. The minimum atomic E-state index is -0.701. The van der Waals surface area contributed by atoms with E-state index in [-0.39, 0.29) is 59.4 Å². The van der Waals surface area contributed by atoms with Gasteiger partial charge in [-0.05, 0) is 115 Å². The predicted octanol–water partition coefficient (Wildman–Crippen LogP) is 5.44. The highest BCUT2D eigenvalue weighted by Gasteiger charge is 2.58. The molecule has 17 nitrogen and oxygen atoms in total. The number of aromatic nitrogens is 3. The zero-order chi connectivity index (χ0) is 49.9. The first-order valence-corrected chi connectivity index (χ1v) is 27.7. The molecule has 1 spiro atoms. The van der Waals surface area contributed by atoms with Crippen LogP contribution in [0.1, 0.15) is 116 Å². The van der Waals surface area contributed by atoms with Crippen LogP contribution in [0.4, 0.5) is 11.5 Å². The Morgan fingerprint density at radius 1 is 0.849 bits per heavy atom. The van der Waals surface area contributed by atoms with Gasteiger partial charge in [0, 0.05) is 123 Å². The van der Waals surface area contributed by atoms with Crippen LogP contribution in [0.15, 0.2) is 47.7 Å². The molecule has 8 fully saturated rings. The first-order valence-electron chi connectivity index (χ1n) is 27.7. The largest absolute Gasteiger partial charge is 0.378 e. The number of hydrogen-bond donors (Lipinski definition) is 2. The number of amidine groups is 1. The number of rotatable bonds is 9. The number of likely N-dealkylation sites (tertiary alicyclic amines) is 3. The van der Waals surface area contributed by atoms with Crippen LogP contribution < -0.4 is 15.5 Å². The maximum absolute atomic E-state index is 15.3. The van der Waals surface area contributed by atoms with E-state index in [9.17, 15) is 19.2 Å². The number of fused-ring (bicyclic) bond motifs is 5. The fraction of sp³-hybridized carbons (Fsp3) is 0.643. The van der Waals surface area contributed by atoms with Gasteiger partial charge in [0.05, 0.1) is 36.2 Å². The fourth-order valence-corrected chi connectivity index (χ4v) is 14.3. The number of imide groups is 1. The van der Waals surface area contributed by atoms with Crippen LogP contribution in [0.2, 0.25) is 0 Å². The molecule has 2 aliphatic carbocycles. The molecule has 5 amide bonds. The van der Waals surface area contributed by atoms with Crippen molar-refractivity contribution in [2.45, 2.75) is 146 Å². The molecule has 4 unspecified atom stereocenters. The molecule has 2 saturated carbocycles. The third-order valence-electron chi connectivity index (χ3n) is 19.1. The highest BCUT2D eigenvalue weighted by Crippen LogP contribution is 2.53. The Labute approximate surface area is 427 Å². The summed E-state index contributed by atoms with van der Waals surface area (Å²) in [4.78, 5) is 94.0. The second-order valence-corrected chi connectivity index (χ2v) is 23.9. The van der Waals surface area contributed by atoms with Crippen molar-refractivity contribution in [2.75, 3.05) is 69.2 Å². The topological polar surface area (TPSA) is 178 Å². The number of carbonyl (C=O) groups is 5.